The van der Waals surface area contributed by atoms with Crippen molar-refractivity contribution in [2.45, 2.75) is 39.8 Å². The summed E-state index contributed by atoms with van der Waals surface area (Å²) >= 11 is 0. The second kappa shape index (κ2) is 6.02. The van der Waals surface area contributed by atoms with Crippen LogP contribution >= 0.6 is 0 Å². The van der Waals surface area contributed by atoms with Crippen molar-refractivity contribution in [1.82, 2.24) is 0 Å². The van der Waals surface area contributed by atoms with Crippen molar-refractivity contribution in [3.63, 3.8) is 0 Å². The highest BCUT2D eigenvalue weighted by Gasteiger charge is 2.14. The van der Waals surface area contributed by atoms with Gasteiger partial charge in [-0.2, -0.15) is 0 Å². The van der Waals surface area contributed by atoms with E-state index in [9.17, 15) is 0 Å². The molecule has 0 saturated carbocycles. The molecule has 0 N–H and O–H groups in total. The molecular formula is C16H21NO2. The molecule has 0 aliphatic carbocycles. The summed E-state index contributed by atoms with van der Waals surface area (Å²) in [7, 11) is 0. The van der Waals surface area contributed by atoms with Crippen LogP contribution in [0.4, 0.5) is 0 Å². The van der Waals surface area contributed by atoms with Crippen molar-refractivity contribution in [2.24, 2.45) is 4.99 Å². The maximum atomic E-state index is 5.92. The number of furan rings is 1. The third kappa shape index (κ3) is 3.04. The molecule has 3 nitrogen and oxygen atoms in total. The summed E-state index contributed by atoms with van der Waals surface area (Å²) in [5, 5.41) is 1.18. The van der Waals surface area contributed by atoms with E-state index < -0.39 is 0 Å². The van der Waals surface area contributed by atoms with E-state index >= 15 is 0 Å². The first-order chi connectivity index (χ1) is 9.13. The first-order valence-corrected chi connectivity index (χ1v) is 6.76. The van der Waals surface area contributed by atoms with Crippen LogP contribution < -0.4 is 0 Å². The number of hydrogen-bond acceptors (Lipinski definition) is 3. The largest absolute Gasteiger partial charge is 0.460 e. The van der Waals surface area contributed by atoms with Crippen LogP contribution in [0.25, 0.3) is 11.0 Å². The normalized spacial score (nSPS) is 15.2. The predicted octanol–water partition coefficient (Wildman–Crippen LogP) is 4.30. The lowest BCUT2D eigenvalue weighted by atomic mass is 10.0. The molecule has 1 heterocycles. The summed E-state index contributed by atoms with van der Waals surface area (Å²) in [6.45, 7) is 8.78. The van der Waals surface area contributed by atoms with Crippen molar-refractivity contribution in [3.8, 4) is 0 Å². The zero-order chi connectivity index (χ0) is 13.8. The Morgan fingerprint density at radius 3 is 2.74 bits per heavy atom. The minimum Gasteiger partial charge on any atom is -0.460 e. The number of hydrogen-bond donors (Lipinski definition) is 0. The molecule has 2 unspecified atom stereocenters. The molecule has 1 aromatic heterocycles. The number of aryl methyl sites for hydroxylation is 1. The molecule has 2 rings (SSSR count). The number of rotatable bonds is 5. The molecule has 0 fully saturated rings. The highest BCUT2D eigenvalue weighted by Crippen LogP contribution is 2.29. The minimum atomic E-state index is -0.0999. The monoisotopic (exact) mass is 259 g/mol. The Morgan fingerprint density at radius 1 is 1.32 bits per heavy atom. The fraction of sp³-hybridized carbons (Fsp3) is 0.438. The number of benzene rings is 1. The Bertz CT molecular complexity index is 571. The highest BCUT2D eigenvalue weighted by atomic mass is 16.5. The van der Waals surface area contributed by atoms with E-state index in [0.29, 0.717) is 6.61 Å². The molecular weight excluding hydrogens is 238 g/mol. The third-order valence-electron chi connectivity index (χ3n) is 3.22. The summed E-state index contributed by atoms with van der Waals surface area (Å²) in [6.07, 6.45) is 1.81. The maximum absolute atomic E-state index is 5.92. The van der Waals surface area contributed by atoms with E-state index in [1.165, 1.54) is 10.9 Å². The molecule has 0 spiro atoms. The standard InChI is InChI=1S/C16H21NO2/c1-5-18-13(4)17-10-11(2)16-12(3)14-8-6-7-9-15(14)19-16/h6-11,13H,5H2,1-4H3/b17-10+. The van der Waals surface area contributed by atoms with Crippen LogP contribution in [0.2, 0.25) is 0 Å². The lowest BCUT2D eigenvalue weighted by molar-refractivity contribution is 0.0833. The van der Waals surface area contributed by atoms with Crippen LogP contribution in [0, 0.1) is 6.92 Å². The van der Waals surface area contributed by atoms with E-state index in [4.69, 9.17) is 9.15 Å². The average Bonchev–Trinajstić information content (AvgIpc) is 2.74. The molecule has 0 radical (unpaired) electrons. The van der Waals surface area contributed by atoms with Gasteiger partial charge in [-0.05, 0) is 32.4 Å². The van der Waals surface area contributed by atoms with Crippen molar-refractivity contribution >= 4 is 17.2 Å². The Kier molecular flexibility index (Phi) is 4.38. The first-order valence-electron chi connectivity index (χ1n) is 6.76. The molecule has 1 aromatic carbocycles. The van der Waals surface area contributed by atoms with E-state index in [-0.39, 0.29) is 12.1 Å². The maximum Gasteiger partial charge on any atom is 0.145 e. The predicted molar refractivity (Wildman–Crippen MR) is 78.9 cm³/mol. The second-order valence-electron chi connectivity index (χ2n) is 4.73. The summed E-state index contributed by atoms with van der Waals surface area (Å²) in [6, 6.07) is 8.11. The van der Waals surface area contributed by atoms with Gasteiger partial charge in [-0.25, -0.2) is 0 Å². The Hall–Kier alpha value is -1.61. The minimum absolute atomic E-state index is 0.0999. The van der Waals surface area contributed by atoms with Gasteiger partial charge in [-0.1, -0.05) is 25.1 Å². The number of nitrogens with zero attached hydrogens (tertiary/aromatic N) is 1. The second-order valence-corrected chi connectivity index (χ2v) is 4.73. The zero-order valence-corrected chi connectivity index (χ0v) is 12.0. The summed E-state index contributed by atoms with van der Waals surface area (Å²) in [4.78, 5) is 4.39. The third-order valence-corrected chi connectivity index (χ3v) is 3.22. The highest BCUT2D eigenvalue weighted by molar-refractivity contribution is 5.83. The van der Waals surface area contributed by atoms with Gasteiger partial charge in [0.1, 0.15) is 17.6 Å². The Morgan fingerprint density at radius 2 is 2.05 bits per heavy atom. The molecule has 3 heteroatoms. The van der Waals surface area contributed by atoms with Crippen LogP contribution in [0.3, 0.4) is 0 Å². The summed E-state index contributed by atoms with van der Waals surface area (Å²) < 4.78 is 11.3. The van der Waals surface area contributed by atoms with Crippen molar-refractivity contribution in [2.75, 3.05) is 6.61 Å². The Labute approximate surface area is 114 Å². The summed E-state index contributed by atoms with van der Waals surface area (Å²) in [5.41, 5.74) is 2.13. The van der Waals surface area contributed by atoms with Gasteiger partial charge in [0.15, 0.2) is 0 Å². The van der Waals surface area contributed by atoms with Crippen LogP contribution in [-0.4, -0.2) is 19.0 Å². The molecule has 102 valence electrons. The van der Waals surface area contributed by atoms with Crippen LogP contribution in [-0.2, 0) is 4.74 Å². The van der Waals surface area contributed by atoms with Gasteiger partial charge in [0.2, 0.25) is 0 Å². The molecule has 0 bridgehead atoms. The molecule has 0 amide bonds. The van der Waals surface area contributed by atoms with Gasteiger partial charge in [0, 0.05) is 24.1 Å². The Balaban J connectivity index is 2.22. The molecule has 0 aliphatic heterocycles. The van der Waals surface area contributed by atoms with Crippen molar-refractivity contribution in [3.05, 3.63) is 35.6 Å². The average molecular weight is 259 g/mol. The number of para-hydroxylation sites is 1. The molecule has 0 saturated heterocycles. The molecule has 19 heavy (non-hydrogen) atoms. The molecule has 0 aliphatic rings. The van der Waals surface area contributed by atoms with Gasteiger partial charge < -0.3 is 9.15 Å². The zero-order valence-electron chi connectivity index (χ0n) is 12.0. The van der Waals surface area contributed by atoms with Crippen molar-refractivity contribution in [1.29, 1.82) is 0 Å². The topological polar surface area (TPSA) is 34.7 Å². The van der Waals surface area contributed by atoms with Gasteiger partial charge in [-0.15, -0.1) is 0 Å². The lowest BCUT2D eigenvalue weighted by Crippen LogP contribution is -2.06. The fourth-order valence-electron chi connectivity index (χ4n) is 2.23. The van der Waals surface area contributed by atoms with Gasteiger partial charge >= 0.3 is 0 Å². The number of ether oxygens (including phenoxy) is 1. The van der Waals surface area contributed by atoms with Gasteiger partial charge in [-0.3, -0.25) is 4.99 Å². The number of aliphatic imine (C=N–C) groups is 1. The van der Waals surface area contributed by atoms with Gasteiger partial charge in [0.25, 0.3) is 0 Å². The van der Waals surface area contributed by atoms with Crippen LogP contribution in [0.5, 0.6) is 0 Å². The van der Waals surface area contributed by atoms with E-state index in [2.05, 4.69) is 24.9 Å². The SMILES string of the molecule is CCOC(C)/N=C/C(C)c1oc2ccccc2c1C. The summed E-state index contributed by atoms with van der Waals surface area (Å²) in [5.74, 6) is 1.13. The van der Waals surface area contributed by atoms with Crippen LogP contribution in [0.15, 0.2) is 33.7 Å². The first kappa shape index (κ1) is 13.8. The van der Waals surface area contributed by atoms with Crippen molar-refractivity contribution < 1.29 is 9.15 Å². The van der Waals surface area contributed by atoms with E-state index in [0.717, 1.165) is 11.3 Å². The van der Waals surface area contributed by atoms with E-state index in [1.54, 1.807) is 0 Å². The molecule has 2 aromatic rings. The molecule has 2 atom stereocenters. The van der Waals surface area contributed by atoms with E-state index in [1.807, 2.05) is 38.3 Å². The van der Waals surface area contributed by atoms with Gasteiger partial charge in [0.05, 0.1) is 0 Å². The quantitative estimate of drug-likeness (QED) is 0.750. The van der Waals surface area contributed by atoms with Crippen LogP contribution in [0.1, 0.15) is 38.0 Å². The fourth-order valence-corrected chi connectivity index (χ4v) is 2.23. The number of fused-ring (bicyclic) bond motifs is 1. The smallest absolute Gasteiger partial charge is 0.145 e. The lowest BCUT2D eigenvalue weighted by Gasteiger charge is -2.07.